The summed E-state index contributed by atoms with van der Waals surface area (Å²) in [7, 11) is 1.38. The zero-order chi connectivity index (χ0) is 11.5. The first-order chi connectivity index (χ1) is 6.95. The zero-order valence-corrected chi connectivity index (χ0v) is 11.1. The minimum absolute atomic E-state index is 0.254. The van der Waals surface area contributed by atoms with Crippen LogP contribution in [-0.2, 0) is 14.3 Å². The summed E-state index contributed by atoms with van der Waals surface area (Å²) in [6.07, 6.45) is 0.258. The van der Waals surface area contributed by atoms with Crippen molar-refractivity contribution in [1.29, 1.82) is 0 Å². The molecule has 0 spiro atoms. The van der Waals surface area contributed by atoms with Gasteiger partial charge in [-0.25, -0.2) is 0 Å². The number of rotatable bonds is 3. The van der Waals surface area contributed by atoms with Gasteiger partial charge in [0.2, 0.25) is 0 Å². The van der Waals surface area contributed by atoms with E-state index in [9.17, 15) is 4.79 Å². The van der Waals surface area contributed by atoms with Crippen molar-refractivity contribution in [3.8, 4) is 0 Å². The van der Waals surface area contributed by atoms with Gasteiger partial charge in [0.05, 0.1) is 13.5 Å². The molecule has 0 aliphatic rings. The summed E-state index contributed by atoms with van der Waals surface area (Å²) < 4.78 is 5.15. The maximum atomic E-state index is 11.2. The Morgan fingerprint density at radius 2 is 2.00 bits per heavy atom. The Labute approximate surface area is 104 Å². The van der Waals surface area contributed by atoms with Crippen LogP contribution in [0.15, 0.2) is 28.7 Å². The highest BCUT2D eigenvalue weighted by molar-refractivity contribution is 9.10. The lowest BCUT2D eigenvalue weighted by Gasteiger charge is -2.22. The molecule has 0 bridgehead atoms. The average molecular weight is 289 g/mol. The van der Waals surface area contributed by atoms with Gasteiger partial charge in [0.25, 0.3) is 0 Å². The van der Waals surface area contributed by atoms with E-state index in [1.807, 2.05) is 31.2 Å². The number of hydrogen-bond donors (Lipinski definition) is 1. The first-order valence-corrected chi connectivity index (χ1v) is 5.75. The molecule has 0 saturated heterocycles. The van der Waals surface area contributed by atoms with Crippen molar-refractivity contribution in [1.82, 2.24) is 0 Å². The molecule has 0 heterocycles. The normalized spacial score (nSPS) is 14.4. The second kappa shape index (κ2) is 5.03. The monoisotopic (exact) mass is 288 g/mol. The highest BCUT2D eigenvalue weighted by Gasteiger charge is 2.25. The smallest absolute Gasteiger partial charge is 0.307 e. The molecular formula is C11H13BrO2S. The van der Waals surface area contributed by atoms with E-state index in [2.05, 4.69) is 33.3 Å². The van der Waals surface area contributed by atoms with Crippen molar-refractivity contribution in [2.24, 2.45) is 0 Å². The topological polar surface area (TPSA) is 26.3 Å². The molecule has 1 atom stereocenters. The summed E-state index contributed by atoms with van der Waals surface area (Å²) in [4.78, 5) is 11.2. The second-order valence-electron chi connectivity index (χ2n) is 3.53. The fraction of sp³-hybridized carbons (Fsp3) is 0.364. The van der Waals surface area contributed by atoms with Gasteiger partial charge in [0.15, 0.2) is 0 Å². The van der Waals surface area contributed by atoms with E-state index in [4.69, 9.17) is 0 Å². The molecule has 0 unspecified atom stereocenters. The summed E-state index contributed by atoms with van der Waals surface area (Å²) in [5, 5.41) is 0. The number of carbonyl (C=O) groups is 1. The van der Waals surface area contributed by atoms with Crippen LogP contribution in [0.3, 0.4) is 0 Å². The Hall–Kier alpha value is -0.480. The standard InChI is InChI=1S/C11H13BrO2S/c1-11(15,7-10(13)14-2)8-3-5-9(12)6-4-8/h3-6,15H,7H2,1-2H3/t11-/m1/s1. The predicted octanol–water partition coefficient (Wildman–Crippen LogP) is 3.16. The van der Waals surface area contributed by atoms with Gasteiger partial charge in [0, 0.05) is 9.22 Å². The van der Waals surface area contributed by atoms with Crippen LogP contribution in [0, 0.1) is 0 Å². The number of halogens is 1. The van der Waals surface area contributed by atoms with Crippen molar-refractivity contribution in [2.75, 3.05) is 7.11 Å². The Morgan fingerprint density at radius 1 is 1.47 bits per heavy atom. The quantitative estimate of drug-likeness (QED) is 0.683. The van der Waals surface area contributed by atoms with E-state index in [-0.39, 0.29) is 12.4 Å². The summed E-state index contributed by atoms with van der Waals surface area (Å²) in [5.41, 5.74) is 0.999. The largest absolute Gasteiger partial charge is 0.469 e. The van der Waals surface area contributed by atoms with Gasteiger partial charge in [-0.1, -0.05) is 28.1 Å². The minimum Gasteiger partial charge on any atom is -0.469 e. The van der Waals surface area contributed by atoms with Crippen LogP contribution in [0.1, 0.15) is 18.9 Å². The third-order valence-corrected chi connectivity index (χ3v) is 3.13. The van der Waals surface area contributed by atoms with Crippen LogP contribution in [0.5, 0.6) is 0 Å². The van der Waals surface area contributed by atoms with Gasteiger partial charge in [0.1, 0.15) is 0 Å². The van der Waals surface area contributed by atoms with E-state index in [0.717, 1.165) is 10.0 Å². The van der Waals surface area contributed by atoms with Gasteiger partial charge in [-0.15, -0.1) is 0 Å². The fourth-order valence-electron chi connectivity index (χ4n) is 1.26. The third kappa shape index (κ3) is 3.54. The molecule has 15 heavy (non-hydrogen) atoms. The molecule has 0 aromatic heterocycles. The Bertz CT molecular complexity index is 346. The molecule has 1 rings (SSSR count). The summed E-state index contributed by atoms with van der Waals surface area (Å²) in [6, 6.07) is 7.75. The van der Waals surface area contributed by atoms with E-state index in [0.29, 0.717) is 0 Å². The molecule has 82 valence electrons. The van der Waals surface area contributed by atoms with Gasteiger partial charge in [-0.3, -0.25) is 4.79 Å². The van der Waals surface area contributed by atoms with E-state index in [1.54, 1.807) is 0 Å². The number of thiol groups is 1. The molecule has 0 saturated carbocycles. The van der Waals surface area contributed by atoms with E-state index >= 15 is 0 Å². The lowest BCUT2D eigenvalue weighted by molar-refractivity contribution is -0.141. The SMILES string of the molecule is COC(=O)C[C@@](C)(S)c1ccc(Br)cc1. The average Bonchev–Trinajstić information content (AvgIpc) is 2.17. The summed E-state index contributed by atoms with van der Waals surface area (Å²) >= 11 is 7.85. The highest BCUT2D eigenvalue weighted by atomic mass is 79.9. The molecule has 1 aromatic carbocycles. The molecule has 2 nitrogen and oxygen atoms in total. The Balaban J connectivity index is 2.85. The van der Waals surface area contributed by atoms with Gasteiger partial charge in [-0.05, 0) is 24.6 Å². The van der Waals surface area contributed by atoms with Crippen molar-refractivity contribution in [3.05, 3.63) is 34.3 Å². The Morgan fingerprint density at radius 3 is 2.47 bits per heavy atom. The molecule has 0 fully saturated rings. The molecule has 0 aliphatic heterocycles. The molecular weight excluding hydrogens is 276 g/mol. The third-order valence-electron chi connectivity index (χ3n) is 2.18. The zero-order valence-electron chi connectivity index (χ0n) is 8.66. The molecule has 0 amide bonds. The Kier molecular flexibility index (Phi) is 4.22. The number of carbonyl (C=O) groups excluding carboxylic acids is 1. The minimum atomic E-state index is -0.492. The molecule has 4 heteroatoms. The second-order valence-corrected chi connectivity index (χ2v) is 5.44. The first kappa shape index (κ1) is 12.6. The lowest BCUT2D eigenvalue weighted by atomic mass is 9.97. The van der Waals surface area contributed by atoms with Crippen molar-refractivity contribution in [2.45, 2.75) is 18.1 Å². The summed E-state index contributed by atoms with van der Waals surface area (Å²) in [5.74, 6) is -0.254. The number of benzene rings is 1. The number of methoxy groups -OCH3 is 1. The van der Waals surface area contributed by atoms with Crippen molar-refractivity contribution >= 4 is 34.5 Å². The maximum absolute atomic E-state index is 11.2. The summed E-state index contributed by atoms with van der Waals surface area (Å²) in [6.45, 7) is 1.90. The highest BCUT2D eigenvalue weighted by Crippen LogP contribution is 2.32. The number of hydrogen-bond acceptors (Lipinski definition) is 3. The predicted molar refractivity (Wildman–Crippen MR) is 67.1 cm³/mol. The molecule has 0 radical (unpaired) electrons. The lowest BCUT2D eigenvalue weighted by Crippen LogP contribution is -2.20. The van der Waals surface area contributed by atoms with Crippen molar-refractivity contribution in [3.63, 3.8) is 0 Å². The van der Waals surface area contributed by atoms with Gasteiger partial charge in [-0.2, -0.15) is 12.6 Å². The molecule has 1 aromatic rings. The van der Waals surface area contributed by atoms with Crippen LogP contribution in [0.25, 0.3) is 0 Å². The molecule has 0 N–H and O–H groups in total. The fourth-order valence-corrected chi connectivity index (χ4v) is 1.81. The number of esters is 1. The van der Waals surface area contributed by atoms with Crippen LogP contribution in [-0.4, -0.2) is 13.1 Å². The van der Waals surface area contributed by atoms with Crippen LogP contribution < -0.4 is 0 Å². The van der Waals surface area contributed by atoms with E-state index < -0.39 is 4.75 Å². The van der Waals surface area contributed by atoms with Gasteiger partial charge >= 0.3 is 5.97 Å². The number of ether oxygens (including phenoxy) is 1. The van der Waals surface area contributed by atoms with Crippen LogP contribution >= 0.6 is 28.6 Å². The first-order valence-electron chi connectivity index (χ1n) is 4.51. The van der Waals surface area contributed by atoms with Crippen LogP contribution in [0.4, 0.5) is 0 Å². The molecule has 0 aliphatic carbocycles. The van der Waals surface area contributed by atoms with Crippen LogP contribution in [0.2, 0.25) is 0 Å². The van der Waals surface area contributed by atoms with Gasteiger partial charge < -0.3 is 4.74 Å². The van der Waals surface area contributed by atoms with E-state index in [1.165, 1.54) is 7.11 Å². The van der Waals surface area contributed by atoms with Crippen molar-refractivity contribution < 1.29 is 9.53 Å². The maximum Gasteiger partial charge on any atom is 0.307 e.